The van der Waals surface area contributed by atoms with Gasteiger partial charge in [0.2, 0.25) is 0 Å². The van der Waals surface area contributed by atoms with E-state index < -0.39 is 5.97 Å². The number of carbonyl (C=O) groups is 2. The molecule has 0 aliphatic rings. The summed E-state index contributed by atoms with van der Waals surface area (Å²) in [5, 5.41) is 8.96. The number of nitrogens with two attached hydrogens (primary N) is 1. The van der Waals surface area contributed by atoms with E-state index in [2.05, 4.69) is 11.8 Å². The molecule has 94 valence electrons. The maximum atomic E-state index is 10.9. The third kappa shape index (κ3) is 4.52. The number of carboxylic acid groups (broad SMARTS) is 1. The zero-order valence-electron chi connectivity index (χ0n) is 9.90. The van der Waals surface area contributed by atoms with Crippen molar-refractivity contribution in [2.45, 2.75) is 13.3 Å². The number of hydrogen-bond donors (Lipinski definition) is 2. The first-order valence-corrected chi connectivity index (χ1v) is 6.24. The Labute approximate surface area is 110 Å². The van der Waals surface area contributed by atoms with Crippen molar-refractivity contribution in [2.24, 2.45) is 0 Å². The average Bonchev–Trinajstić information content (AvgIpc) is 2.30. The summed E-state index contributed by atoms with van der Waals surface area (Å²) in [6.45, 7) is 1.51. The molecule has 1 aromatic carbocycles. The number of hydrogen-bond acceptors (Lipinski definition) is 4. The van der Waals surface area contributed by atoms with Crippen molar-refractivity contribution in [1.29, 1.82) is 0 Å². The van der Waals surface area contributed by atoms with E-state index in [1.807, 2.05) is 0 Å². The number of carboxylic acids is 1. The molecule has 0 saturated heterocycles. The molecule has 0 fully saturated rings. The minimum absolute atomic E-state index is 0.0555. The topological polar surface area (TPSA) is 80.4 Å². The fourth-order valence-electron chi connectivity index (χ4n) is 1.23. The molecule has 0 spiro atoms. The second kappa shape index (κ2) is 6.72. The smallest absolute Gasteiger partial charge is 0.337 e. The van der Waals surface area contributed by atoms with E-state index >= 15 is 0 Å². The highest BCUT2D eigenvalue weighted by Gasteiger charge is 2.07. The van der Waals surface area contributed by atoms with E-state index in [0.29, 0.717) is 17.7 Å². The molecule has 0 aliphatic heterocycles. The summed E-state index contributed by atoms with van der Waals surface area (Å²) in [5.74, 6) is 5.31. The summed E-state index contributed by atoms with van der Waals surface area (Å²) in [6.07, 6.45) is 0.580. The van der Waals surface area contributed by atoms with Gasteiger partial charge in [-0.05, 0) is 18.2 Å². The van der Waals surface area contributed by atoms with Crippen LogP contribution < -0.4 is 5.73 Å². The molecule has 0 aliphatic carbocycles. The van der Waals surface area contributed by atoms with Crippen LogP contribution in [0.1, 0.15) is 29.3 Å². The number of thioether (sulfide) groups is 1. The van der Waals surface area contributed by atoms with Crippen LogP contribution in [-0.2, 0) is 4.79 Å². The molecule has 0 radical (unpaired) electrons. The van der Waals surface area contributed by atoms with Crippen LogP contribution >= 0.6 is 11.8 Å². The highest BCUT2D eigenvalue weighted by atomic mass is 32.2. The first-order valence-electron chi connectivity index (χ1n) is 5.25. The van der Waals surface area contributed by atoms with Crippen LogP contribution in [0.25, 0.3) is 0 Å². The summed E-state index contributed by atoms with van der Waals surface area (Å²) in [4.78, 5) is 21.5. The average molecular weight is 263 g/mol. The Hall–Kier alpha value is -1.93. The van der Waals surface area contributed by atoms with Gasteiger partial charge in [-0.1, -0.05) is 23.6 Å². The number of carbonyl (C=O) groups excluding carboxylic acids is 1. The molecule has 1 aromatic rings. The second-order valence-corrected chi connectivity index (χ2v) is 4.77. The predicted molar refractivity (Wildman–Crippen MR) is 72.4 cm³/mol. The van der Waals surface area contributed by atoms with Gasteiger partial charge in [0, 0.05) is 30.3 Å². The molecule has 3 N–H and O–H groups in total. The van der Waals surface area contributed by atoms with Gasteiger partial charge in [-0.3, -0.25) is 4.79 Å². The summed E-state index contributed by atoms with van der Waals surface area (Å²) < 4.78 is 0. The maximum absolute atomic E-state index is 10.9. The summed E-state index contributed by atoms with van der Waals surface area (Å²) >= 11 is 1.22. The Kier molecular flexibility index (Phi) is 5.28. The Morgan fingerprint density at radius 3 is 2.78 bits per heavy atom. The van der Waals surface area contributed by atoms with Gasteiger partial charge in [0.15, 0.2) is 5.12 Å². The van der Waals surface area contributed by atoms with Crippen molar-refractivity contribution in [3.63, 3.8) is 0 Å². The van der Waals surface area contributed by atoms with E-state index in [1.165, 1.54) is 30.8 Å². The van der Waals surface area contributed by atoms with Crippen molar-refractivity contribution in [3.8, 4) is 11.8 Å². The van der Waals surface area contributed by atoms with Crippen LogP contribution in [0.15, 0.2) is 18.2 Å². The third-order valence-electron chi connectivity index (χ3n) is 2.05. The van der Waals surface area contributed by atoms with Gasteiger partial charge < -0.3 is 10.8 Å². The first-order chi connectivity index (χ1) is 8.50. The van der Waals surface area contributed by atoms with E-state index in [9.17, 15) is 9.59 Å². The molecule has 0 atom stereocenters. The zero-order valence-corrected chi connectivity index (χ0v) is 10.7. The summed E-state index contributed by atoms with van der Waals surface area (Å²) in [6, 6.07) is 4.65. The van der Waals surface area contributed by atoms with Crippen molar-refractivity contribution >= 4 is 28.5 Å². The third-order valence-corrected chi connectivity index (χ3v) is 2.86. The quantitative estimate of drug-likeness (QED) is 0.495. The van der Waals surface area contributed by atoms with E-state index in [-0.39, 0.29) is 16.4 Å². The number of aromatic carboxylic acids is 1. The lowest BCUT2D eigenvalue weighted by Gasteiger charge is -2.00. The van der Waals surface area contributed by atoms with Gasteiger partial charge in [-0.25, -0.2) is 4.79 Å². The van der Waals surface area contributed by atoms with Gasteiger partial charge in [0.1, 0.15) is 0 Å². The number of nitrogen functional groups attached to an aromatic ring is 1. The lowest BCUT2D eigenvalue weighted by Crippen LogP contribution is -2.02. The largest absolute Gasteiger partial charge is 0.478 e. The SMILES string of the molecule is CC(=O)SCCC#Cc1ccc(N)c(C(=O)O)c1. The second-order valence-electron chi connectivity index (χ2n) is 3.50. The Bertz CT molecular complexity index is 529. The highest BCUT2D eigenvalue weighted by molar-refractivity contribution is 8.13. The van der Waals surface area contributed by atoms with Gasteiger partial charge in [-0.2, -0.15) is 0 Å². The molecule has 0 unspecified atom stereocenters. The van der Waals surface area contributed by atoms with Crippen LogP contribution in [0.5, 0.6) is 0 Å². The van der Waals surface area contributed by atoms with Crippen LogP contribution in [0.3, 0.4) is 0 Å². The molecule has 1 rings (SSSR count). The predicted octanol–water partition coefficient (Wildman–Crippen LogP) is 1.99. The molecule has 0 aromatic heterocycles. The lowest BCUT2D eigenvalue weighted by atomic mass is 10.1. The van der Waals surface area contributed by atoms with Gasteiger partial charge in [-0.15, -0.1) is 0 Å². The fraction of sp³-hybridized carbons (Fsp3) is 0.231. The monoisotopic (exact) mass is 263 g/mol. The molecular weight excluding hydrogens is 250 g/mol. The zero-order chi connectivity index (χ0) is 13.5. The van der Waals surface area contributed by atoms with Crippen molar-refractivity contribution in [1.82, 2.24) is 0 Å². The maximum Gasteiger partial charge on any atom is 0.337 e. The minimum Gasteiger partial charge on any atom is -0.478 e. The van der Waals surface area contributed by atoms with Gasteiger partial charge in [0.25, 0.3) is 0 Å². The van der Waals surface area contributed by atoms with Crippen molar-refractivity contribution in [2.75, 3.05) is 11.5 Å². The molecular formula is C13H13NO3S. The summed E-state index contributed by atoms with van der Waals surface area (Å²) in [5.41, 5.74) is 6.41. The highest BCUT2D eigenvalue weighted by Crippen LogP contribution is 2.13. The lowest BCUT2D eigenvalue weighted by molar-refractivity contribution is -0.109. The summed E-state index contributed by atoms with van der Waals surface area (Å²) in [7, 11) is 0. The standard InChI is InChI=1S/C13H13NO3S/c1-9(15)18-7-3-2-4-10-5-6-12(14)11(8-10)13(16)17/h5-6,8H,3,7,14H2,1H3,(H,16,17). The molecule has 18 heavy (non-hydrogen) atoms. The van der Waals surface area contributed by atoms with Crippen molar-refractivity contribution < 1.29 is 14.7 Å². The first kappa shape index (κ1) is 14.1. The Morgan fingerprint density at radius 2 is 2.17 bits per heavy atom. The number of anilines is 1. The van der Waals surface area contributed by atoms with E-state index in [0.717, 1.165) is 0 Å². The molecule has 5 heteroatoms. The molecule has 0 amide bonds. The fourth-order valence-corrected chi connectivity index (χ4v) is 1.72. The van der Waals surface area contributed by atoms with E-state index in [1.54, 1.807) is 6.07 Å². The molecule has 0 saturated carbocycles. The Morgan fingerprint density at radius 1 is 1.44 bits per heavy atom. The molecule has 0 heterocycles. The number of rotatable bonds is 3. The molecule has 0 bridgehead atoms. The number of benzene rings is 1. The van der Waals surface area contributed by atoms with Crippen LogP contribution in [0, 0.1) is 11.8 Å². The van der Waals surface area contributed by atoms with Crippen LogP contribution in [0.4, 0.5) is 5.69 Å². The normalized spacial score (nSPS) is 9.39. The van der Waals surface area contributed by atoms with Gasteiger partial charge >= 0.3 is 5.97 Å². The molecule has 4 nitrogen and oxygen atoms in total. The van der Waals surface area contributed by atoms with Gasteiger partial charge in [0.05, 0.1) is 5.56 Å². The Balaban J connectivity index is 2.68. The van der Waals surface area contributed by atoms with E-state index in [4.69, 9.17) is 10.8 Å². The van der Waals surface area contributed by atoms with Crippen molar-refractivity contribution in [3.05, 3.63) is 29.3 Å². The minimum atomic E-state index is -1.07. The van der Waals surface area contributed by atoms with Crippen LogP contribution in [0.2, 0.25) is 0 Å². The van der Waals surface area contributed by atoms with Crippen LogP contribution in [-0.4, -0.2) is 21.9 Å².